The molecule has 0 aliphatic carbocycles. The zero-order chi connectivity index (χ0) is 12.7. The van der Waals surface area contributed by atoms with Gasteiger partial charge in [0, 0.05) is 12.7 Å². The topological polar surface area (TPSA) is 74.2 Å². The largest absolute Gasteiger partial charge is 0.478 e. The van der Waals surface area contributed by atoms with E-state index in [-0.39, 0.29) is 11.4 Å². The quantitative estimate of drug-likeness (QED) is 0.628. The second-order valence-corrected chi connectivity index (χ2v) is 3.46. The van der Waals surface area contributed by atoms with E-state index in [0.29, 0.717) is 6.54 Å². The van der Waals surface area contributed by atoms with Crippen LogP contribution in [0.5, 0.6) is 0 Å². The monoisotopic (exact) mass is 241 g/mol. The first-order valence-electron chi connectivity index (χ1n) is 5.49. The number of aromatic nitrogens is 1. The molecule has 1 aromatic rings. The lowest BCUT2D eigenvalue weighted by Crippen LogP contribution is -2.18. The summed E-state index contributed by atoms with van der Waals surface area (Å²) in [6.07, 6.45) is 2.09. The highest BCUT2D eigenvalue weighted by Crippen LogP contribution is 2.14. The average molecular weight is 241 g/mol. The number of halogens is 1. The molecule has 0 atom stereocenters. The summed E-state index contributed by atoms with van der Waals surface area (Å²) in [5, 5.41) is 14.6. The molecule has 5 nitrogen and oxygen atoms in total. The van der Waals surface area contributed by atoms with Crippen molar-refractivity contribution in [1.82, 2.24) is 10.3 Å². The van der Waals surface area contributed by atoms with Crippen molar-refractivity contribution in [3.63, 3.8) is 0 Å². The SMILES string of the molecule is CCNCCCNc1nccc(C(=O)O)c1F. The van der Waals surface area contributed by atoms with Crippen molar-refractivity contribution >= 4 is 11.8 Å². The molecular formula is C11H16FN3O2. The summed E-state index contributed by atoms with van der Waals surface area (Å²) < 4.78 is 13.6. The van der Waals surface area contributed by atoms with Crippen LogP contribution in [-0.4, -0.2) is 35.7 Å². The van der Waals surface area contributed by atoms with E-state index in [1.807, 2.05) is 6.92 Å². The molecule has 0 fully saturated rings. The van der Waals surface area contributed by atoms with Crippen molar-refractivity contribution < 1.29 is 14.3 Å². The second kappa shape index (κ2) is 6.80. The Morgan fingerprint density at radius 2 is 2.29 bits per heavy atom. The fraction of sp³-hybridized carbons (Fsp3) is 0.455. The van der Waals surface area contributed by atoms with E-state index in [2.05, 4.69) is 15.6 Å². The molecule has 0 radical (unpaired) electrons. The number of hydrogen-bond acceptors (Lipinski definition) is 4. The maximum absolute atomic E-state index is 13.6. The van der Waals surface area contributed by atoms with Gasteiger partial charge >= 0.3 is 5.97 Å². The van der Waals surface area contributed by atoms with E-state index in [1.54, 1.807) is 0 Å². The smallest absolute Gasteiger partial charge is 0.338 e. The molecule has 94 valence electrons. The first-order chi connectivity index (χ1) is 8.16. The standard InChI is InChI=1S/C11H16FN3O2/c1-2-13-5-3-6-14-10-9(12)8(11(16)17)4-7-15-10/h4,7,13H,2-3,5-6H2,1H3,(H,14,15)(H,16,17). The number of rotatable bonds is 7. The Labute approximate surface area is 99.1 Å². The van der Waals surface area contributed by atoms with E-state index in [4.69, 9.17) is 5.11 Å². The Hall–Kier alpha value is -1.69. The van der Waals surface area contributed by atoms with Crippen LogP contribution in [0.25, 0.3) is 0 Å². The molecule has 0 unspecified atom stereocenters. The molecular weight excluding hydrogens is 225 g/mol. The van der Waals surface area contributed by atoms with Gasteiger partial charge in [0.15, 0.2) is 11.6 Å². The molecule has 1 heterocycles. The fourth-order valence-corrected chi connectivity index (χ4v) is 1.33. The predicted molar refractivity (Wildman–Crippen MR) is 62.8 cm³/mol. The van der Waals surface area contributed by atoms with E-state index in [1.165, 1.54) is 6.20 Å². The lowest BCUT2D eigenvalue weighted by molar-refractivity contribution is 0.0692. The number of hydrogen-bond donors (Lipinski definition) is 3. The number of anilines is 1. The maximum atomic E-state index is 13.6. The average Bonchev–Trinajstić information content (AvgIpc) is 2.30. The third-order valence-corrected chi connectivity index (χ3v) is 2.19. The lowest BCUT2D eigenvalue weighted by Gasteiger charge is -2.07. The summed E-state index contributed by atoms with van der Waals surface area (Å²) in [7, 11) is 0. The van der Waals surface area contributed by atoms with Crippen molar-refractivity contribution in [2.24, 2.45) is 0 Å². The van der Waals surface area contributed by atoms with Gasteiger partial charge in [0.1, 0.15) is 5.56 Å². The van der Waals surface area contributed by atoms with Crippen LogP contribution in [0.15, 0.2) is 12.3 Å². The zero-order valence-electron chi connectivity index (χ0n) is 9.66. The van der Waals surface area contributed by atoms with Gasteiger partial charge in [-0.2, -0.15) is 0 Å². The number of nitrogens with zero attached hydrogens (tertiary/aromatic N) is 1. The molecule has 0 bridgehead atoms. The second-order valence-electron chi connectivity index (χ2n) is 3.46. The Kier molecular flexibility index (Phi) is 5.35. The number of nitrogens with one attached hydrogen (secondary N) is 2. The van der Waals surface area contributed by atoms with Gasteiger partial charge in [-0.05, 0) is 25.6 Å². The molecule has 17 heavy (non-hydrogen) atoms. The molecule has 0 spiro atoms. The zero-order valence-corrected chi connectivity index (χ0v) is 9.66. The third kappa shape index (κ3) is 3.99. The van der Waals surface area contributed by atoms with Gasteiger partial charge in [0.2, 0.25) is 0 Å². The molecule has 0 aliphatic rings. The van der Waals surface area contributed by atoms with Crippen LogP contribution in [0.3, 0.4) is 0 Å². The van der Waals surface area contributed by atoms with Crippen molar-refractivity contribution in [2.45, 2.75) is 13.3 Å². The van der Waals surface area contributed by atoms with Crippen molar-refractivity contribution in [1.29, 1.82) is 0 Å². The number of carboxylic acids is 1. The summed E-state index contributed by atoms with van der Waals surface area (Å²) in [5.41, 5.74) is -0.366. The number of aromatic carboxylic acids is 1. The van der Waals surface area contributed by atoms with Crippen LogP contribution < -0.4 is 10.6 Å². The van der Waals surface area contributed by atoms with Crippen LogP contribution >= 0.6 is 0 Å². The van der Waals surface area contributed by atoms with Crippen LogP contribution in [0.1, 0.15) is 23.7 Å². The Bertz CT molecular complexity index is 385. The highest BCUT2D eigenvalue weighted by Gasteiger charge is 2.14. The van der Waals surface area contributed by atoms with E-state index in [9.17, 15) is 9.18 Å². The molecule has 6 heteroatoms. The van der Waals surface area contributed by atoms with E-state index in [0.717, 1.165) is 25.6 Å². The van der Waals surface area contributed by atoms with Gasteiger partial charge in [-0.15, -0.1) is 0 Å². The summed E-state index contributed by atoms with van der Waals surface area (Å²) >= 11 is 0. The minimum absolute atomic E-state index is 0.0126. The van der Waals surface area contributed by atoms with Crippen LogP contribution in [-0.2, 0) is 0 Å². The first kappa shape index (κ1) is 13.4. The van der Waals surface area contributed by atoms with Crippen LogP contribution in [0.4, 0.5) is 10.2 Å². The van der Waals surface area contributed by atoms with Gasteiger partial charge in [-0.3, -0.25) is 0 Å². The Balaban J connectivity index is 2.54. The number of carbonyl (C=O) groups is 1. The summed E-state index contributed by atoms with van der Waals surface area (Å²) in [4.78, 5) is 14.5. The summed E-state index contributed by atoms with van der Waals surface area (Å²) in [6, 6.07) is 1.14. The molecule has 0 amide bonds. The molecule has 1 rings (SSSR count). The summed E-state index contributed by atoms with van der Waals surface area (Å²) in [6.45, 7) is 4.26. The normalized spacial score (nSPS) is 10.2. The molecule has 3 N–H and O–H groups in total. The van der Waals surface area contributed by atoms with Crippen molar-refractivity contribution in [2.75, 3.05) is 25.0 Å². The minimum atomic E-state index is -1.29. The van der Waals surface area contributed by atoms with Gasteiger partial charge in [0.05, 0.1) is 0 Å². The third-order valence-electron chi connectivity index (χ3n) is 2.19. The summed E-state index contributed by atoms with van der Waals surface area (Å²) in [5.74, 6) is -2.12. The van der Waals surface area contributed by atoms with E-state index >= 15 is 0 Å². The Morgan fingerprint density at radius 1 is 1.53 bits per heavy atom. The van der Waals surface area contributed by atoms with Crippen LogP contribution in [0, 0.1) is 5.82 Å². The minimum Gasteiger partial charge on any atom is -0.478 e. The van der Waals surface area contributed by atoms with E-state index < -0.39 is 11.8 Å². The molecule has 0 aromatic carbocycles. The van der Waals surface area contributed by atoms with Gasteiger partial charge in [-0.1, -0.05) is 6.92 Å². The molecule has 0 aliphatic heterocycles. The fourth-order valence-electron chi connectivity index (χ4n) is 1.33. The highest BCUT2D eigenvalue weighted by molar-refractivity contribution is 5.88. The molecule has 0 saturated heterocycles. The van der Waals surface area contributed by atoms with Crippen molar-refractivity contribution in [3.05, 3.63) is 23.6 Å². The van der Waals surface area contributed by atoms with Crippen LogP contribution in [0.2, 0.25) is 0 Å². The first-order valence-corrected chi connectivity index (χ1v) is 5.49. The molecule has 1 aromatic heterocycles. The van der Waals surface area contributed by atoms with Crippen molar-refractivity contribution in [3.8, 4) is 0 Å². The Morgan fingerprint density at radius 3 is 2.94 bits per heavy atom. The van der Waals surface area contributed by atoms with Gasteiger partial charge < -0.3 is 15.7 Å². The number of pyridine rings is 1. The highest BCUT2D eigenvalue weighted by atomic mass is 19.1. The number of carboxylic acid groups (broad SMARTS) is 1. The van der Waals surface area contributed by atoms with Gasteiger partial charge in [0.25, 0.3) is 0 Å². The maximum Gasteiger partial charge on any atom is 0.338 e. The van der Waals surface area contributed by atoms with Gasteiger partial charge in [-0.25, -0.2) is 14.2 Å². The lowest BCUT2D eigenvalue weighted by atomic mass is 10.2. The molecule has 0 saturated carbocycles. The predicted octanol–water partition coefficient (Wildman–Crippen LogP) is 1.33.